The summed E-state index contributed by atoms with van der Waals surface area (Å²) in [6, 6.07) is 0.714. The third kappa shape index (κ3) is 3.22. The van der Waals surface area contributed by atoms with E-state index in [1.807, 2.05) is 11.3 Å². The molecule has 0 spiro atoms. The molecule has 0 unspecified atom stereocenters. The van der Waals surface area contributed by atoms with Crippen molar-refractivity contribution in [1.82, 2.24) is 4.98 Å². The summed E-state index contributed by atoms with van der Waals surface area (Å²) in [6.45, 7) is 5.36. The normalized spacial score (nSPS) is 17.4. The van der Waals surface area contributed by atoms with Crippen molar-refractivity contribution in [2.24, 2.45) is 0 Å². The minimum Gasteiger partial charge on any atom is -0.344 e. The Morgan fingerprint density at radius 2 is 2.00 bits per heavy atom. The molecule has 4 heteroatoms. The second-order valence-electron chi connectivity index (χ2n) is 4.81. The number of thiazole rings is 1. The van der Waals surface area contributed by atoms with Crippen molar-refractivity contribution in [3.8, 4) is 0 Å². The molecule has 0 aromatic carbocycles. The van der Waals surface area contributed by atoms with Gasteiger partial charge in [0, 0.05) is 22.8 Å². The summed E-state index contributed by atoms with van der Waals surface area (Å²) in [5.41, 5.74) is 1.19. The van der Waals surface area contributed by atoms with E-state index >= 15 is 0 Å². The number of aromatic nitrogens is 1. The van der Waals surface area contributed by atoms with E-state index in [0.29, 0.717) is 6.04 Å². The van der Waals surface area contributed by atoms with Crippen LogP contribution in [-0.2, 0) is 0 Å². The topological polar surface area (TPSA) is 16.1 Å². The molecule has 96 valence electrons. The van der Waals surface area contributed by atoms with E-state index in [1.54, 1.807) is 0 Å². The van der Waals surface area contributed by atoms with Crippen LogP contribution in [0.15, 0.2) is 0 Å². The molecule has 2 rings (SSSR count). The molecular weight excluding hydrogens is 296 g/mol. The second-order valence-corrected chi connectivity index (χ2v) is 6.79. The van der Waals surface area contributed by atoms with E-state index in [4.69, 9.17) is 4.98 Å². The van der Waals surface area contributed by atoms with Crippen molar-refractivity contribution in [2.75, 3.05) is 16.8 Å². The summed E-state index contributed by atoms with van der Waals surface area (Å²) < 4.78 is 0. The Kier molecular flexibility index (Phi) is 4.86. The number of aryl methyl sites for hydroxylation is 2. The van der Waals surface area contributed by atoms with E-state index in [2.05, 4.69) is 34.7 Å². The Morgan fingerprint density at radius 1 is 1.29 bits per heavy atom. The van der Waals surface area contributed by atoms with Crippen LogP contribution in [0.1, 0.15) is 42.7 Å². The van der Waals surface area contributed by atoms with E-state index in [-0.39, 0.29) is 0 Å². The molecular formula is C13H21BrN2S. The summed E-state index contributed by atoms with van der Waals surface area (Å²) in [6.07, 6.45) is 6.85. The van der Waals surface area contributed by atoms with Gasteiger partial charge in [-0.15, -0.1) is 11.3 Å². The van der Waals surface area contributed by atoms with Gasteiger partial charge in [-0.2, -0.15) is 0 Å². The third-order valence-corrected chi connectivity index (χ3v) is 5.07. The molecule has 0 amide bonds. The Labute approximate surface area is 117 Å². The van der Waals surface area contributed by atoms with Crippen LogP contribution in [0.2, 0.25) is 0 Å². The lowest BCUT2D eigenvalue weighted by molar-refractivity contribution is 0.418. The first-order chi connectivity index (χ1) is 8.22. The number of alkyl halides is 1. The Hall–Kier alpha value is -0.0900. The maximum atomic E-state index is 4.73. The standard InChI is InChI=1S/C13H21BrN2S/c1-10-11(2)17-13(15-10)16(9-8-14)12-6-4-3-5-7-12/h12H,3-9H2,1-2H3. The predicted octanol–water partition coefficient (Wildman–Crippen LogP) is 4.29. The van der Waals surface area contributed by atoms with Crippen LogP contribution in [0.5, 0.6) is 0 Å². The molecule has 0 bridgehead atoms. The average molecular weight is 317 g/mol. The zero-order chi connectivity index (χ0) is 12.3. The van der Waals surface area contributed by atoms with Crippen LogP contribution in [0.25, 0.3) is 0 Å². The van der Waals surface area contributed by atoms with Gasteiger partial charge in [0.2, 0.25) is 0 Å². The lowest BCUT2D eigenvalue weighted by atomic mass is 9.94. The summed E-state index contributed by atoms with van der Waals surface area (Å²) in [7, 11) is 0. The maximum absolute atomic E-state index is 4.73. The second kappa shape index (κ2) is 6.19. The van der Waals surface area contributed by atoms with Crippen LogP contribution < -0.4 is 4.90 Å². The molecule has 1 saturated carbocycles. The van der Waals surface area contributed by atoms with Crippen molar-refractivity contribution < 1.29 is 0 Å². The number of hydrogen-bond donors (Lipinski definition) is 0. The minimum absolute atomic E-state index is 0.714. The molecule has 1 aliphatic rings. The first-order valence-corrected chi connectivity index (χ1v) is 8.43. The number of rotatable bonds is 4. The van der Waals surface area contributed by atoms with Gasteiger partial charge in [0.1, 0.15) is 0 Å². The number of halogens is 1. The van der Waals surface area contributed by atoms with E-state index in [9.17, 15) is 0 Å². The highest BCUT2D eigenvalue weighted by Gasteiger charge is 2.23. The highest BCUT2D eigenvalue weighted by molar-refractivity contribution is 9.09. The van der Waals surface area contributed by atoms with Crippen molar-refractivity contribution in [1.29, 1.82) is 0 Å². The first-order valence-electron chi connectivity index (χ1n) is 6.49. The van der Waals surface area contributed by atoms with Crippen LogP contribution in [0, 0.1) is 13.8 Å². The maximum Gasteiger partial charge on any atom is 0.186 e. The molecule has 1 heterocycles. The van der Waals surface area contributed by atoms with Crippen LogP contribution in [0.3, 0.4) is 0 Å². The average Bonchev–Trinajstić information content (AvgIpc) is 2.67. The SMILES string of the molecule is Cc1nc(N(CCBr)C2CCCCC2)sc1C. The van der Waals surface area contributed by atoms with Crippen molar-refractivity contribution in [3.63, 3.8) is 0 Å². The van der Waals surface area contributed by atoms with Crippen molar-refractivity contribution in [2.45, 2.75) is 52.0 Å². The van der Waals surface area contributed by atoms with Gasteiger partial charge in [0.05, 0.1) is 5.69 Å². The summed E-state index contributed by atoms with van der Waals surface area (Å²) in [5.74, 6) is 0. The molecule has 0 N–H and O–H groups in total. The zero-order valence-electron chi connectivity index (χ0n) is 10.7. The van der Waals surface area contributed by atoms with Gasteiger partial charge in [0.25, 0.3) is 0 Å². The molecule has 17 heavy (non-hydrogen) atoms. The molecule has 1 aromatic heterocycles. The van der Waals surface area contributed by atoms with E-state index in [0.717, 1.165) is 11.9 Å². The van der Waals surface area contributed by atoms with Crippen molar-refractivity contribution >= 4 is 32.4 Å². The fraction of sp³-hybridized carbons (Fsp3) is 0.769. The van der Waals surface area contributed by atoms with Gasteiger partial charge in [-0.3, -0.25) is 0 Å². The molecule has 0 aliphatic heterocycles. The van der Waals surface area contributed by atoms with Crippen LogP contribution in [0.4, 0.5) is 5.13 Å². The minimum atomic E-state index is 0.714. The number of nitrogens with zero attached hydrogens (tertiary/aromatic N) is 2. The molecule has 1 fully saturated rings. The van der Waals surface area contributed by atoms with Gasteiger partial charge in [-0.25, -0.2) is 4.98 Å². The Balaban J connectivity index is 2.15. The van der Waals surface area contributed by atoms with Gasteiger partial charge in [0.15, 0.2) is 5.13 Å². The highest BCUT2D eigenvalue weighted by Crippen LogP contribution is 2.31. The van der Waals surface area contributed by atoms with Crippen LogP contribution >= 0.6 is 27.3 Å². The van der Waals surface area contributed by atoms with Crippen molar-refractivity contribution in [3.05, 3.63) is 10.6 Å². The van der Waals surface area contributed by atoms with E-state index < -0.39 is 0 Å². The zero-order valence-corrected chi connectivity index (χ0v) is 13.1. The monoisotopic (exact) mass is 316 g/mol. The first kappa shape index (κ1) is 13.3. The van der Waals surface area contributed by atoms with Gasteiger partial charge in [-0.1, -0.05) is 35.2 Å². The summed E-state index contributed by atoms with van der Waals surface area (Å²) in [4.78, 5) is 8.61. The number of hydrogen-bond acceptors (Lipinski definition) is 3. The third-order valence-electron chi connectivity index (χ3n) is 3.60. The van der Waals surface area contributed by atoms with E-state index in [1.165, 1.54) is 47.8 Å². The molecule has 2 nitrogen and oxygen atoms in total. The lowest BCUT2D eigenvalue weighted by Crippen LogP contribution is -2.38. The highest BCUT2D eigenvalue weighted by atomic mass is 79.9. The van der Waals surface area contributed by atoms with Gasteiger partial charge >= 0.3 is 0 Å². The van der Waals surface area contributed by atoms with Gasteiger partial charge in [-0.05, 0) is 26.7 Å². The summed E-state index contributed by atoms with van der Waals surface area (Å²) in [5, 5.41) is 2.26. The molecule has 0 radical (unpaired) electrons. The Bertz CT molecular complexity index is 339. The quantitative estimate of drug-likeness (QED) is 0.770. The summed E-state index contributed by atoms with van der Waals surface area (Å²) >= 11 is 5.42. The molecule has 0 atom stereocenters. The molecule has 1 aliphatic carbocycles. The largest absolute Gasteiger partial charge is 0.344 e. The fourth-order valence-corrected chi connectivity index (χ4v) is 3.89. The van der Waals surface area contributed by atoms with Crippen LogP contribution in [-0.4, -0.2) is 22.9 Å². The fourth-order valence-electron chi connectivity index (χ4n) is 2.50. The predicted molar refractivity (Wildman–Crippen MR) is 79.6 cm³/mol. The molecule has 0 saturated heterocycles. The molecule has 1 aromatic rings. The Morgan fingerprint density at radius 3 is 2.53 bits per heavy atom. The van der Waals surface area contributed by atoms with Gasteiger partial charge < -0.3 is 4.90 Å². The smallest absolute Gasteiger partial charge is 0.186 e. The number of anilines is 1. The lowest BCUT2D eigenvalue weighted by Gasteiger charge is -2.33.